The smallest absolute Gasteiger partial charge is 0.411 e. The van der Waals surface area contributed by atoms with Crippen LogP contribution in [0.4, 0.5) is 4.79 Å². The molecule has 0 aromatic heterocycles. The Kier molecular flexibility index (Phi) is 7.03. The minimum absolute atomic E-state index is 0.0210. The summed E-state index contributed by atoms with van der Waals surface area (Å²) in [5.41, 5.74) is -2.20. The summed E-state index contributed by atoms with van der Waals surface area (Å²) in [4.78, 5) is 29.4. The third-order valence-corrected chi connectivity index (χ3v) is 14.0. The highest BCUT2D eigenvalue weighted by atomic mass is 28.4. The molecular weight excluding hydrogens is 470 g/mol. The van der Waals surface area contributed by atoms with Crippen molar-refractivity contribution in [2.75, 3.05) is 6.54 Å². The van der Waals surface area contributed by atoms with Crippen LogP contribution < -0.4 is 0 Å². The van der Waals surface area contributed by atoms with Gasteiger partial charge in [-0.25, -0.2) is 9.59 Å². The van der Waals surface area contributed by atoms with Crippen molar-refractivity contribution in [2.24, 2.45) is 17.8 Å². The Morgan fingerprint density at radius 3 is 1.94 bits per heavy atom. The first kappa shape index (κ1) is 27.7. The minimum atomic E-state index is -2.13. The Morgan fingerprint density at radius 1 is 0.972 bits per heavy atom. The highest BCUT2D eigenvalue weighted by Crippen LogP contribution is 2.57. The molecule has 0 spiro atoms. The van der Waals surface area contributed by atoms with Crippen LogP contribution in [-0.2, 0) is 18.7 Å². The van der Waals surface area contributed by atoms with Crippen LogP contribution in [-0.4, -0.2) is 54.7 Å². The van der Waals surface area contributed by atoms with Crippen LogP contribution >= 0.6 is 0 Å². The van der Waals surface area contributed by atoms with Crippen LogP contribution in [0.2, 0.25) is 18.1 Å². The molecule has 4 aliphatic carbocycles. The number of hydrogen-bond donors (Lipinski definition) is 0. The van der Waals surface area contributed by atoms with E-state index in [9.17, 15) is 9.59 Å². The summed E-state index contributed by atoms with van der Waals surface area (Å²) >= 11 is 0. The van der Waals surface area contributed by atoms with Crippen LogP contribution in [0, 0.1) is 17.8 Å². The summed E-state index contributed by atoms with van der Waals surface area (Å²) in [5.74, 6) is 1.70. The second-order valence-corrected chi connectivity index (χ2v) is 19.6. The van der Waals surface area contributed by atoms with E-state index in [-0.39, 0.29) is 22.7 Å². The van der Waals surface area contributed by atoms with Gasteiger partial charge < -0.3 is 13.9 Å². The molecule has 0 aromatic rings. The first-order valence-corrected chi connectivity index (χ1v) is 16.9. The van der Waals surface area contributed by atoms with Gasteiger partial charge in [0, 0.05) is 6.42 Å². The highest BCUT2D eigenvalue weighted by molar-refractivity contribution is 6.74. The number of ether oxygens (including phenoxy) is 2. The summed E-state index contributed by atoms with van der Waals surface area (Å²) in [6, 6.07) is 0. The maximum atomic E-state index is 14.3. The average Bonchev–Trinajstić information content (AvgIpc) is 3.03. The lowest BCUT2D eigenvalue weighted by Crippen LogP contribution is -2.59. The molecule has 5 rings (SSSR count). The molecule has 0 unspecified atom stereocenters. The number of amides is 1. The normalized spacial score (nSPS) is 36.2. The van der Waals surface area contributed by atoms with Crippen molar-refractivity contribution >= 4 is 20.4 Å². The van der Waals surface area contributed by atoms with Gasteiger partial charge in [0.2, 0.25) is 0 Å². The Bertz CT molecular complexity index is 850. The van der Waals surface area contributed by atoms with Gasteiger partial charge in [-0.15, -0.1) is 6.58 Å². The highest BCUT2D eigenvalue weighted by Gasteiger charge is 2.60. The van der Waals surface area contributed by atoms with E-state index in [0.29, 0.717) is 37.1 Å². The van der Waals surface area contributed by atoms with E-state index in [1.165, 1.54) is 19.3 Å². The molecule has 1 aliphatic heterocycles. The molecule has 6 nitrogen and oxygen atoms in total. The second-order valence-electron chi connectivity index (χ2n) is 14.8. The van der Waals surface area contributed by atoms with E-state index in [2.05, 4.69) is 40.4 Å². The topological polar surface area (TPSA) is 65.1 Å². The van der Waals surface area contributed by atoms with Crippen molar-refractivity contribution in [2.45, 2.75) is 134 Å². The number of likely N-dealkylation sites (tertiary alicyclic amines) is 1. The summed E-state index contributed by atoms with van der Waals surface area (Å²) in [6.07, 6.45) is 8.48. The lowest BCUT2D eigenvalue weighted by Gasteiger charge is -2.56. The zero-order valence-corrected chi connectivity index (χ0v) is 24.9. The Balaban J connectivity index is 1.64. The van der Waals surface area contributed by atoms with Gasteiger partial charge in [0.15, 0.2) is 8.32 Å². The van der Waals surface area contributed by atoms with Crippen LogP contribution in [0.3, 0.4) is 0 Å². The fourth-order valence-corrected chi connectivity index (χ4v) is 8.67. The molecule has 0 N–H and O–H groups in total. The Morgan fingerprint density at radius 2 is 1.50 bits per heavy atom. The van der Waals surface area contributed by atoms with Gasteiger partial charge in [0.25, 0.3) is 0 Å². The molecule has 36 heavy (non-hydrogen) atoms. The number of nitrogens with zero attached hydrogens (tertiary/aromatic N) is 1. The molecule has 5 aliphatic rings. The van der Waals surface area contributed by atoms with Gasteiger partial charge in [0.05, 0.1) is 12.6 Å². The number of carbonyl (C=O) groups excluding carboxylic acids is 2. The second kappa shape index (κ2) is 9.14. The molecule has 7 heteroatoms. The Labute approximate surface area is 219 Å². The zero-order valence-electron chi connectivity index (χ0n) is 23.9. The summed E-state index contributed by atoms with van der Waals surface area (Å²) < 4.78 is 19.1. The molecule has 2 atom stereocenters. The predicted molar refractivity (Wildman–Crippen MR) is 144 cm³/mol. The largest absolute Gasteiger partial charge is 0.457 e. The zero-order chi connectivity index (χ0) is 26.7. The lowest BCUT2D eigenvalue weighted by molar-refractivity contribution is -0.197. The van der Waals surface area contributed by atoms with E-state index in [1.54, 1.807) is 11.0 Å². The molecule has 0 aromatic carbocycles. The van der Waals surface area contributed by atoms with Gasteiger partial charge in [-0.2, -0.15) is 0 Å². The van der Waals surface area contributed by atoms with Crippen LogP contribution in [0.15, 0.2) is 12.7 Å². The monoisotopic (exact) mass is 519 g/mol. The van der Waals surface area contributed by atoms with Gasteiger partial charge in [-0.3, -0.25) is 4.90 Å². The van der Waals surface area contributed by atoms with E-state index in [0.717, 1.165) is 19.3 Å². The average molecular weight is 520 g/mol. The number of hydrogen-bond acceptors (Lipinski definition) is 5. The van der Waals surface area contributed by atoms with Gasteiger partial charge in [-0.1, -0.05) is 26.8 Å². The first-order valence-electron chi connectivity index (χ1n) is 14.0. The molecular formula is C29H49NO5Si. The SMILES string of the molecule is C=CC[C@@]1(C(=O)OC23CC4CC(CC(C4)C2)C3)C[C@@H](O[Si](C)(C)C(C)(C)C)CN1C(=O)OC(C)(C)C. The van der Waals surface area contributed by atoms with Crippen molar-refractivity contribution in [3.63, 3.8) is 0 Å². The lowest BCUT2D eigenvalue weighted by atomic mass is 9.54. The Hall–Kier alpha value is -1.34. The molecule has 5 fully saturated rings. The molecule has 204 valence electrons. The predicted octanol–water partition coefficient (Wildman–Crippen LogP) is 6.84. The molecule has 1 amide bonds. The van der Waals surface area contributed by atoms with Crippen molar-refractivity contribution in [1.29, 1.82) is 0 Å². The van der Waals surface area contributed by atoms with Crippen molar-refractivity contribution in [3.05, 3.63) is 12.7 Å². The standard InChI is InChI=1S/C29H49NO5Si/c1-10-11-29(24(31)33-28-15-20-12-21(16-28)14-22(13-20)17-28)18-23(35-36(8,9)27(5,6)7)19-30(29)25(32)34-26(2,3)4/h10,20-23H,1,11-19H2,2-9H3/t20?,21?,22?,23-,28?,29+/m1/s1. The van der Waals surface area contributed by atoms with E-state index < -0.39 is 25.6 Å². The maximum absolute atomic E-state index is 14.3. The van der Waals surface area contributed by atoms with Crippen LogP contribution in [0.25, 0.3) is 0 Å². The maximum Gasteiger partial charge on any atom is 0.411 e. The number of esters is 1. The number of carbonyl (C=O) groups is 2. The molecule has 1 heterocycles. The first-order chi connectivity index (χ1) is 16.5. The van der Waals surface area contributed by atoms with Gasteiger partial charge in [0.1, 0.15) is 16.7 Å². The van der Waals surface area contributed by atoms with Crippen LogP contribution in [0.1, 0.15) is 92.9 Å². The van der Waals surface area contributed by atoms with Crippen molar-refractivity contribution in [1.82, 2.24) is 4.90 Å². The van der Waals surface area contributed by atoms with Gasteiger partial charge >= 0.3 is 12.1 Å². The fraction of sp³-hybridized carbons (Fsp3) is 0.862. The molecule has 0 radical (unpaired) electrons. The fourth-order valence-electron chi connectivity index (χ4n) is 7.33. The third kappa shape index (κ3) is 5.29. The summed E-state index contributed by atoms with van der Waals surface area (Å²) in [5, 5.41) is 0.0210. The van der Waals surface area contributed by atoms with Crippen molar-refractivity contribution in [3.8, 4) is 0 Å². The summed E-state index contributed by atoms with van der Waals surface area (Å²) in [6.45, 7) is 20.9. The minimum Gasteiger partial charge on any atom is -0.457 e. The molecule has 1 saturated heterocycles. The van der Waals surface area contributed by atoms with Gasteiger partial charge in [-0.05, 0) is 102 Å². The molecule has 4 saturated carbocycles. The van der Waals surface area contributed by atoms with E-state index >= 15 is 0 Å². The molecule has 4 bridgehead atoms. The van der Waals surface area contributed by atoms with E-state index in [4.69, 9.17) is 13.9 Å². The van der Waals surface area contributed by atoms with E-state index in [1.807, 2.05) is 20.8 Å². The summed E-state index contributed by atoms with van der Waals surface area (Å²) in [7, 11) is -2.13. The number of rotatable bonds is 6. The quantitative estimate of drug-likeness (QED) is 0.218. The van der Waals surface area contributed by atoms with Crippen LogP contribution in [0.5, 0.6) is 0 Å². The van der Waals surface area contributed by atoms with Crippen molar-refractivity contribution < 1.29 is 23.5 Å². The third-order valence-electron chi connectivity index (χ3n) is 9.50.